The van der Waals surface area contributed by atoms with Crippen molar-refractivity contribution in [3.63, 3.8) is 0 Å². The van der Waals surface area contributed by atoms with Crippen molar-refractivity contribution in [1.29, 1.82) is 0 Å². The molecule has 0 bridgehead atoms. The standard InChI is InChI=1S/C10H13ClNO4P/c1-8(10(13)16-17(11,14)15)12-7-9-5-3-2-4-6-9/h2-6,8,12H,7H2,1H3,(H,14,15)/t8-/m0/s1. The smallest absolute Gasteiger partial charge is 0.379 e. The van der Waals surface area contributed by atoms with Gasteiger partial charge in [0.05, 0.1) is 0 Å². The van der Waals surface area contributed by atoms with Gasteiger partial charge in [-0.3, -0.25) is 4.79 Å². The zero-order chi connectivity index (χ0) is 12.9. The fourth-order valence-corrected chi connectivity index (χ4v) is 1.72. The maximum absolute atomic E-state index is 11.3. The molecule has 1 unspecified atom stereocenters. The fourth-order valence-electron chi connectivity index (χ4n) is 1.14. The largest absolute Gasteiger partial charge is 0.476 e. The van der Waals surface area contributed by atoms with E-state index in [1.54, 1.807) is 0 Å². The average molecular weight is 278 g/mol. The summed E-state index contributed by atoms with van der Waals surface area (Å²) in [5.41, 5.74) is 0.991. The highest BCUT2D eigenvalue weighted by Gasteiger charge is 2.24. The summed E-state index contributed by atoms with van der Waals surface area (Å²) in [6, 6.07) is 8.71. The lowest BCUT2D eigenvalue weighted by Crippen LogP contribution is -2.34. The van der Waals surface area contributed by atoms with E-state index in [9.17, 15) is 9.36 Å². The van der Waals surface area contributed by atoms with Crippen LogP contribution in [-0.2, 0) is 20.4 Å². The van der Waals surface area contributed by atoms with E-state index < -0.39 is 19.0 Å². The number of benzene rings is 1. The van der Waals surface area contributed by atoms with Gasteiger partial charge in [0.15, 0.2) is 0 Å². The van der Waals surface area contributed by atoms with Crippen LogP contribution in [-0.4, -0.2) is 16.9 Å². The molecule has 2 N–H and O–H groups in total. The summed E-state index contributed by atoms with van der Waals surface area (Å²) in [5.74, 6) is -0.859. The maximum Gasteiger partial charge on any atom is 0.476 e. The van der Waals surface area contributed by atoms with Crippen molar-refractivity contribution in [1.82, 2.24) is 5.32 Å². The van der Waals surface area contributed by atoms with Crippen LogP contribution >= 0.6 is 18.2 Å². The van der Waals surface area contributed by atoms with E-state index in [-0.39, 0.29) is 0 Å². The summed E-state index contributed by atoms with van der Waals surface area (Å²) in [4.78, 5) is 20.0. The van der Waals surface area contributed by atoms with Gasteiger partial charge in [0.25, 0.3) is 0 Å². The third-order valence-electron chi connectivity index (χ3n) is 2.01. The molecule has 0 fully saturated rings. The lowest BCUT2D eigenvalue weighted by Gasteiger charge is -2.13. The highest BCUT2D eigenvalue weighted by molar-refractivity contribution is 7.80. The van der Waals surface area contributed by atoms with Gasteiger partial charge in [0.2, 0.25) is 0 Å². The molecule has 0 aliphatic heterocycles. The highest BCUT2D eigenvalue weighted by Crippen LogP contribution is 2.47. The molecule has 0 aliphatic rings. The van der Waals surface area contributed by atoms with Gasteiger partial charge >= 0.3 is 12.9 Å². The molecule has 0 spiro atoms. The topological polar surface area (TPSA) is 75.6 Å². The van der Waals surface area contributed by atoms with Crippen molar-refractivity contribution in [3.8, 4) is 0 Å². The second-order valence-corrected chi connectivity index (χ2v) is 5.82. The molecule has 5 nitrogen and oxygen atoms in total. The first-order chi connectivity index (χ1) is 7.88. The Balaban J connectivity index is 2.42. The Morgan fingerprint density at radius 3 is 2.65 bits per heavy atom. The van der Waals surface area contributed by atoms with E-state index >= 15 is 0 Å². The van der Waals surface area contributed by atoms with Crippen LogP contribution in [0.4, 0.5) is 0 Å². The van der Waals surface area contributed by atoms with Crippen LogP contribution in [0.2, 0.25) is 0 Å². The number of carbonyl (C=O) groups excluding carboxylic acids is 1. The molecule has 17 heavy (non-hydrogen) atoms. The van der Waals surface area contributed by atoms with Gasteiger partial charge in [-0.1, -0.05) is 30.3 Å². The van der Waals surface area contributed by atoms with E-state index in [2.05, 4.69) is 9.84 Å². The van der Waals surface area contributed by atoms with Crippen molar-refractivity contribution in [2.45, 2.75) is 19.5 Å². The molecule has 0 heterocycles. The summed E-state index contributed by atoms with van der Waals surface area (Å²) in [6.07, 6.45) is 0. The zero-order valence-electron chi connectivity index (χ0n) is 9.17. The number of rotatable bonds is 5. The van der Waals surface area contributed by atoms with Crippen LogP contribution in [0.1, 0.15) is 12.5 Å². The maximum atomic E-state index is 11.3. The number of hydrogen-bond acceptors (Lipinski definition) is 4. The molecule has 0 radical (unpaired) electrons. The predicted molar refractivity (Wildman–Crippen MR) is 64.5 cm³/mol. The van der Waals surface area contributed by atoms with E-state index in [4.69, 9.17) is 16.1 Å². The van der Waals surface area contributed by atoms with E-state index in [0.29, 0.717) is 6.54 Å². The molecular weight excluding hydrogens is 265 g/mol. The predicted octanol–water partition coefficient (Wildman–Crippen LogP) is 2.05. The molecule has 94 valence electrons. The van der Waals surface area contributed by atoms with Crippen LogP contribution in [0.25, 0.3) is 0 Å². The third kappa shape index (κ3) is 5.84. The molecule has 0 saturated carbocycles. The Labute approximate surface area is 104 Å². The van der Waals surface area contributed by atoms with Crippen LogP contribution in [0.5, 0.6) is 0 Å². The second kappa shape index (κ2) is 6.17. The van der Waals surface area contributed by atoms with Gasteiger partial charge in [0.1, 0.15) is 6.04 Å². The molecule has 7 heteroatoms. The summed E-state index contributed by atoms with van der Waals surface area (Å²) in [6.45, 7) is -2.31. The minimum Gasteiger partial charge on any atom is -0.379 e. The van der Waals surface area contributed by atoms with E-state index in [1.807, 2.05) is 30.3 Å². The minimum absolute atomic E-state index is 0.453. The quantitative estimate of drug-likeness (QED) is 0.806. The average Bonchev–Trinajstić information content (AvgIpc) is 2.25. The fraction of sp³-hybridized carbons (Fsp3) is 0.300. The first-order valence-electron chi connectivity index (χ1n) is 4.91. The van der Waals surface area contributed by atoms with Gasteiger partial charge in [-0.2, -0.15) is 0 Å². The Hall–Kier alpha value is -0.870. The van der Waals surface area contributed by atoms with Crippen molar-refractivity contribution < 1.29 is 18.8 Å². The van der Waals surface area contributed by atoms with Crippen molar-refractivity contribution in [2.24, 2.45) is 0 Å². The van der Waals surface area contributed by atoms with Gasteiger partial charge in [-0.05, 0) is 12.5 Å². The second-order valence-electron chi connectivity index (χ2n) is 3.45. The summed E-state index contributed by atoms with van der Waals surface area (Å²) >= 11 is 4.93. The van der Waals surface area contributed by atoms with Crippen molar-refractivity contribution in [2.75, 3.05) is 0 Å². The van der Waals surface area contributed by atoms with Crippen LogP contribution < -0.4 is 5.32 Å². The Bertz CT molecular complexity index is 420. The number of halogens is 1. The van der Waals surface area contributed by atoms with Crippen LogP contribution in [0, 0.1) is 0 Å². The molecular formula is C10H13ClNO4P. The van der Waals surface area contributed by atoms with Gasteiger partial charge in [-0.25, -0.2) is 4.57 Å². The zero-order valence-corrected chi connectivity index (χ0v) is 10.8. The molecule has 0 aromatic heterocycles. The van der Waals surface area contributed by atoms with Gasteiger partial charge < -0.3 is 14.7 Å². The number of hydrogen-bond donors (Lipinski definition) is 2. The SMILES string of the molecule is C[C@H](NCc1ccccc1)C(=O)OP(=O)(O)Cl. The summed E-state index contributed by atoms with van der Waals surface area (Å²) in [7, 11) is 0. The number of nitrogens with one attached hydrogen (secondary N) is 1. The summed E-state index contributed by atoms with van der Waals surface area (Å²) in [5, 5.41) is 2.86. The van der Waals surface area contributed by atoms with Crippen LogP contribution in [0.3, 0.4) is 0 Å². The first kappa shape index (κ1) is 14.2. The van der Waals surface area contributed by atoms with Gasteiger partial charge in [-0.15, -0.1) is 0 Å². The summed E-state index contributed by atoms with van der Waals surface area (Å²) < 4.78 is 14.8. The Morgan fingerprint density at radius 1 is 1.53 bits per heavy atom. The molecule has 0 aliphatic carbocycles. The minimum atomic E-state index is -4.29. The van der Waals surface area contributed by atoms with Crippen LogP contribution in [0.15, 0.2) is 30.3 Å². The molecule has 0 saturated heterocycles. The Kier molecular flexibility index (Phi) is 5.15. The monoisotopic (exact) mass is 277 g/mol. The number of carbonyl (C=O) groups is 1. The first-order valence-corrected chi connectivity index (χ1v) is 7.40. The third-order valence-corrected chi connectivity index (χ3v) is 2.62. The van der Waals surface area contributed by atoms with Crippen molar-refractivity contribution in [3.05, 3.63) is 35.9 Å². The Morgan fingerprint density at radius 2 is 2.12 bits per heavy atom. The molecule has 1 aromatic carbocycles. The normalized spacial score (nSPS) is 15.9. The molecule has 1 aromatic rings. The lowest BCUT2D eigenvalue weighted by atomic mass is 10.2. The molecule has 2 atom stereocenters. The highest BCUT2D eigenvalue weighted by atomic mass is 35.7. The lowest BCUT2D eigenvalue weighted by molar-refractivity contribution is -0.136. The van der Waals surface area contributed by atoms with Gasteiger partial charge in [0, 0.05) is 17.8 Å². The molecule has 1 rings (SSSR count). The molecule has 0 amide bonds. The van der Waals surface area contributed by atoms with E-state index in [1.165, 1.54) is 6.92 Å². The van der Waals surface area contributed by atoms with Crippen molar-refractivity contribution >= 4 is 24.2 Å². The van der Waals surface area contributed by atoms with E-state index in [0.717, 1.165) is 5.56 Å².